The number of aromatic nitrogens is 2. The number of halogens is 1. The van der Waals surface area contributed by atoms with E-state index in [1.165, 1.54) is 32.4 Å². The molecular weight excluding hydrogens is 493 g/mol. The van der Waals surface area contributed by atoms with Crippen molar-refractivity contribution < 1.29 is 33.7 Å². The SMILES string of the molecule is COC(=O)N1c2ccc3c(nc([C@@H](O)c4cc(F)ccc4OC)n3[C@H]3CCC[C@@H](C(=O)O)C3)c2CC[C@@H]1C. The number of carboxylic acids is 1. The monoisotopic (exact) mass is 525 g/mol. The molecule has 2 aliphatic rings. The largest absolute Gasteiger partial charge is 0.496 e. The highest BCUT2D eigenvalue weighted by Crippen LogP contribution is 2.43. The Morgan fingerprint density at radius 1 is 1.16 bits per heavy atom. The maximum atomic E-state index is 14.3. The first-order valence-corrected chi connectivity index (χ1v) is 12.9. The van der Waals surface area contributed by atoms with Crippen LogP contribution in [0.3, 0.4) is 0 Å². The molecule has 1 fully saturated rings. The molecule has 4 atom stereocenters. The molecule has 3 aromatic rings. The van der Waals surface area contributed by atoms with E-state index in [0.717, 1.165) is 23.9 Å². The van der Waals surface area contributed by atoms with Crippen LogP contribution in [0, 0.1) is 11.7 Å². The zero-order valence-corrected chi connectivity index (χ0v) is 21.7. The molecule has 2 heterocycles. The summed E-state index contributed by atoms with van der Waals surface area (Å²) >= 11 is 0. The van der Waals surface area contributed by atoms with Crippen molar-refractivity contribution >= 4 is 28.8 Å². The number of hydrogen-bond donors (Lipinski definition) is 2. The predicted octanol–water partition coefficient (Wildman–Crippen LogP) is 4.99. The molecule has 1 amide bonds. The molecule has 9 nitrogen and oxygen atoms in total. The summed E-state index contributed by atoms with van der Waals surface area (Å²) in [6.07, 6.45) is 2.01. The van der Waals surface area contributed by atoms with Crippen LogP contribution in [-0.4, -0.2) is 52.1 Å². The molecule has 1 aliphatic carbocycles. The number of anilines is 1. The summed E-state index contributed by atoms with van der Waals surface area (Å²) < 4.78 is 26.6. The molecule has 0 radical (unpaired) electrons. The molecule has 0 bridgehead atoms. The van der Waals surface area contributed by atoms with Crippen molar-refractivity contribution in [3.8, 4) is 5.75 Å². The van der Waals surface area contributed by atoms with Crippen molar-refractivity contribution in [1.29, 1.82) is 0 Å². The lowest BCUT2D eigenvalue weighted by Crippen LogP contribution is -2.42. The molecule has 202 valence electrons. The maximum absolute atomic E-state index is 14.3. The van der Waals surface area contributed by atoms with Crippen LogP contribution in [0.15, 0.2) is 30.3 Å². The number of nitrogens with zero attached hydrogens (tertiary/aromatic N) is 3. The molecule has 1 aromatic heterocycles. The van der Waals surface area contributed by atoms with Crippen molar-refractivity contribution in [3.05, 3.63) is 53.1 Å². The fourth-order valence-electron chi connectivity index (χ4n) is 6.05. The van der Waals surface area contributed by atoms with Gasteiger partial charge in [0.1, 0.15) is 23.5 Å². The Bertz CT molecular complexity index is 1390. The third kappa shape index (κ3) is 4.36. The van der Waals surface area contributed by atoms with Crippen LogP contribution >= 0.6 is 0 Å². The Balaban J connectivity index is 1.72. The molecule has 10 heteroatoms. The number of carbonyl (C=O) groups excluding carboxylic acids is 1. The lowest BCUT2D eigenvalue weighted by atomic mass is 9.85. The lowest BCUT2D eigenvalue weighted by Gasteiger charge is -2.34. The van der Waals surface area contributed by atoms with Gasteiger partial charge in [0.25, 0.3) is 0 Å². The predicted molar refractivity (Wildman–Crippen MR) is 138 cm³/mol. The zero-order valence-electron chi connectivity index (χ0n) is 21.7. The number of carboxylic acid groups (broad SMARTS) is 1. The number of fused-ring (bicyclic) bond motifs is 3. The molecule has 0 spiro atoms. The zero-order chi connectivity index (χ0) is 27.1. The molecule has 0 saturated heterocycles. The summed E-state index contributed by atoms with van der Waals surface area (Å²) in [5.41, 5.74) is 3.15. The van der Waals surface area contributed by atoms with E-state index in [-0.39, 0.29) is 23.5 Å². The molecule has 2 aromatic carbocycles. The average molecular weight is 526 g/mol. The normalized spacial score (nSPS) is 22.1. The Morgan fingerprint density at radius 2 is 1.95 bits per heavy atom. The van der Waals surface area contributed by atoms with E-state index in [1.54, 1.807) is 4.90 Å². The number of rotatable bonds is 5. The number of ether oxygens (including phenoxy) is 2. The minimum Gasteiger partial charge on any atom is -0.496 e. The Morgan fingerprint density at radius 3 is 2.66 bits per heavy atom. The van der Waals surface area contributed by atoms with E-state index < -0.39 is 29.9 Å². The molecular formula is C28H32FN3O6. The van der Waals surface area contributed by atoms with E-state index in [9.17, 15) is 24.2 Å². The van der Waals surface area contributed by atoms with Crippen LogP contribution in [0.2, 0.25) is 0 Å². The number of aliphatic hydroxyl groups is 1. The summed E-state index contributed by atoms with van der Waals surface area (Å²) in [6, 6.07) is 7.37. The van der Waals surface area contributed by atoms with Gasteiger partial charge in [-0.25, -0.2) is 14.2 Å². The number of carbonyl (C=O) groups is 2. The lowest BCUT2D eigenvalue weighted by molar-refractivity contribution is -0.143. The van der Waals surface area contributed by atoms with E-state index >= 15 is 0 Å². The molecule has 5 rings (SSSR count). The first kappa shape index (κ1) is 26.0. The van der Waals surface area contributed by atoms with Crippen molar-refractivity contribution in [2.24, 2.45) is 5.92 Å². The van der Waals surface area contributed by atoms with Crippen LogP contribution in [0.5, 0.6) is 5.75 Å². The summed E-state index contributed by atoms with van der Waals surface area (Å²) in [5, 5.41) is 21.3. The summed E-state index contributed by atoms with van der Waals surface area (Å²) in [4.78, 5) is 31.0. The number of aliphatic carboxylic acids is 1. The van der Waals surface area contributed by atoms with Gasteiger partial charge in [-0.1, -0.05) is 6.42 Å². The second-order valence-electron chi connectivity index (χ2n) is 10.1. The molecule has 0 unspecified atom stereocenters. The Kier molecular flexibility index (Phi) is 7.00. The molecule has 38 heavy (non-hydrogen) atoms. The van der Waals surface area contributed by atoms with Crippen molar-refractivity contribution in [3.63, 3.8) is 0 Å². The van der Waals surface area contributed by atoms with Crippen molar-refractivity contribution in [1.82, 2.24) is 9.55 Å². The summed E-state index contributed by atoms with van der Waals surface area (Å²) in [5.74, 6) is -1.26. The molecule has 2 N–H and O–H groups in total. The van der Waals surface area contributed by atoms with Gasteiger partial charge in [0.2, 0.25) is 0 Å². The highest BCUT2D eigenvalue weighted by atomic mass is 19.1. The van der Waals surface area contributed by atoms with Gasteiger partial charge in [-0.3, -0.25) is 9.69 Å². The highest BCUT2D eigenvalue weighted by molar-refractivity contribution is 5.95. The molecule has 1 saturated carbocycles. The van der Waals surface area contributed by atoms with Crippen LogP contribution in [0.4, 0.5) is 14.9 Å². The van der Waals surface area contributed by atoms with E-state index in [1.807, 2.05) is 23.6 Å². The highest BCUT2D eigenvalue weighted by Gasteiger charge is 2.36. The number of benzene rings is 2. The first-order valence-electron chi connectivity index (χ1n) is 12.9. The summed E-state index contributed by atoms with van der Waals surface area (Å²) in [6.45, 7) is 1.96. The average Bonchev–Trinajstić information content (AvgIpc) is 3.32. The number of methoxy groups -OCH3 is 2. The molecule has 1 aliphatic heterocycles. The van der Waals surface area contributed by atoms with Crippen LogP contribution in [0.1, 0.15) is 68.1 Å². The Hall–Kier alpha value is -3.66. The second kappa shape index (κ2) is 10.2. The van der Waals surface area contributed by atoms with E-state index in [0.29, 0.717) is 42.6 Å². The number of imidazole rings is 1. The maximum Gasteiger partial charge on any atom is 0.414 e. The first-order chi connectivity index (χ1) is 18.2. The van der Waals surface area contributed by atoms with Crippen LogP contribution in [-0.2, 0) is 16.0 Å². The number of aryl methyl sites for hydroxylation is 1. The van der Waals surface area contributed by atoms with Gasteiger partial charge in [-0.05, 0) is 69.4 Å². The van der Waals surface area contributed by atoms with Gasteiger partial charge >= 0.3 is 12.1 Å². The van der Waals surface area contributed by atoms with Gasteiger partial charge < -0.3 is 24.3 Å². The smallest absolute Gasteiger partial charge is 0.414 e. The summed E-state index contributed by atoms with van der Waals surface area (Å²) in [7, 11) is 2.79. The Labute approximate surface area is 219 Å². The third-order valence-corrected chi connectivity index (χ3v) is 7.94. The minimum atomic E-state index is -1.33. The topological polar surface area (TPSA) is 114 Å². The van der Waals surface area contributed by atoms with Gasteiger partial charge in [-0.2, -0.15) is 0 Å². The minimum absolute atomic E-state index is 0.0641. The second-order valence-corrected chi connectivity index (χ2v) is 10.1. The van der Waals surface area contributed by atoms with Crippen molar-refractivity contribution in [2.75, 3.05) is 19.1 Å². The fraction of sp³-hybridized carbons (Fsp3) is 0.464. The van der Waals surface area contributed by atoms with Gasteiger partial charge in [-0.15, -0.1) is 0 Å². The number of aliphatic hydroxyl groups excluding tert-OH is 1. The van der Waals surface area contributed by atoms with Crippen LogP contribution in [0.25, 0.3) is 11.0 Å². The fourth-order valence-corrected chi connectivity index (χ4v) is 6.05. The van der Waals surface area contributed by atoms with Crippen LogP contribution < -0.4 is 9.64 Å². The number of hydrogen-bond acceptors (Lipinski definition) is 6. The quantitative estimate of drug-likeness (QED) is 0.482. The van der Waals surface area contributed by atoms with Crippen molar-refractivity contribution in [2.45, 2.75) is 63.6 Å². The van der Waals surface area contributed by atoms with Gasteiger partial charge in [0.05, 0.1) is 36.9 Å². The third-order valence-electron chi connectivity index (χ3n) is 7.94. The standard InChI is InChI=1S/C28H32FN3O6/c1-15-7-9-19-21(31(15)28(36)38-3)10-11-22-24(19)30-26(25(33)20-14-17(29)8-12-23(20)37-2)32(22)18-6-4-5-16(13-18)27(34)35/h8,10-12,14-16,18,25,33H,4-7,9,13H2,1-3H3,(H,34,35)/t15-,16+,18-,25-/m0/s1. The van der Waals surface area contributed by atoms with E-state index in [2.05, 4.69) is 0 Å². The van der Waals surface area contributed by atoms with Gasteiger partial charge in [0.15, 0.2) is 0 Å². The van der Waals surface area contributed by atoms with E-state index in [4.69, 9.17) is 14.5 Å². The number of amides is 1. The van der Waals surface area contributed by atoms with Gasteiger partial charge in [0, 0.05) is 23.2 Å².